The number of rotatable bonds is 3. The van der Waals surface area contributed by atoms with Crippen LogP contribution in [0.3, 0.4) is 0 Å². The van der Waals surface area contributed by atoms with Crippen molar-refractivity contribution >= 4 is 11.7 Å². The molecule has 1 aliphatic heterocycles. The van der Waals surface area contributed by atoms with Gasteiger partial charge in [-0.25, -0.2) is 9.97 Å². The molecule has 1 N–H and O–H groups in total. The molecule has 3 rings (SSSR count). The van der Waals surface area contributed by atoms with Gasteiger partial charge in [-0.1, -0.05) is 6.07 Å². The molecule has 1 atom stereocenters. The molecule has 0 bridgehead atoms. The average molecular weight is 301 g/mol. The van der Waals surface area contributed by atoms with Crippen LogP contribution in [0.15, 0.2) is 30.6 Å². The van der Waals surface area contributed by atoms with Gasteiger partial charge in [0.2, 0.25) is 0 Å². The fourth-order valence-electron chi connectivity index (χ4n) is 2.50. The molecule has 2 aromatic rings. The summed E-state index contributed by atoms with van der Waals surface area (Å²) in [5.74, 6) is 1.15. The normalized spacial score (nSPS) is 18.3. The van der Waals surface area contributed by atoms with Gasteiger partial charge in [0.15, 0.2) is 5.82 Å². The van der Waals surface area contributed by atoms with Gasteiger partial charge in [0.1, 0.15) is 11.9 Å². The number of imidazole rings is 1. The van der Waals surface area contributed by atoms with Crippen molar-refractivity contribution in [3.05, 3.63) is 42.1 Å². The number of nitrogens with zero attached hydrogens (tertiary/aromatic N) is 4. The Labute approximate surface area is 128 Å². The minimum absolute atomic E-state index is 0.0782. The number of nitrogens with one attached hydrogen (secondary N) is 1. The third kappa shape index (κ3) is 2.80. The van der Waals surface area contributed by atoms with Crippen molar-refractivity contribution in [1.82, 2.24) is 19.4 Å². The number of carbonyl (C=O) groups excluding carboxylic acids is 1. The minimum atomic E-state index is -0.216. The molecule has 1 fully saturated rings. The van der Waals surface area contributed by atoms with Crippen molar-refractivity contribution in [1.29, 1.82) is 0 Å². The average Bonchev–Trinajstić information content (AvgIpc) is 3.00. The van der Waals surface area contributed by atoms with Gasteiger partial charge in [-0.2, -0.15) is 0 Å². The lowest BCUT2D eigenvalue weighted by atomic mass is 10.2. The van der Waals surface area contributed by atoms with Crippen molar-refractivity contribution in [2.75, 3.05) is 32.1 Å². The van der Waals surface area contributed by atoms with Crippen LogP contribution >= 0.6 is 0 Å². The molecule has 1 aliphatic rings. The van der Waals surface area contributed by atoms with Crippen molar-refractivity contribution in [3.8, 4) is 0 Å². The van der Waals surface area contributed by atoms with Crippen molar-refractivity contribution in [2.45, 2.75) is 6.10 Å². The number of amides is 1. The van der Waals surface area contributed by atoms with Crippen LogP contribution in [-0.2, 0) is 11.8 Å². The van der Waals surface area contributed by atoms with E-state index < -0.39 is 0 Å². The fourth-order valence-corrected chi connectivity index (χ4v) is 2.50. The Morgan fingerprint density at radius 3 is 3.05 bits per heavy atom. The Kier molecular flexibility index (Phi) is 4.06. The van der Waals surface area contributed by atoms with E-state index in [-0.39, 0.29) is 12.0 Å². The fraction of sp³-hybridized carbons (Fsp3) is 0.400. The molecule has 0 aromatic carbocycles. The monoisotopic (exact) mass is 301 g/mol. The van der Waals surface area contributed by atoms with E-state index in [1.165, 1.54) is 0 Å². The number of carbonyl (C=O) groups is 1. The van der Waals surface area contributed by atoms with Crippen LogP contribution < -0.4 is 5.32 Å². The van der Waals surface area contributed by atoms with Gasteiger partial charge in [-0.15, -0.1) is 0 Å². The summed E-state index contributed by atoms with van der Waals surface area (Å²) in [6, 6.07) is 5.74. The van der Waals surface area contributed by atoms with Crippen molar-refractivity contribution in [2.24, 2.45) is 7.05 Å². The largest absolute Gasteiger partial charge is 0.373 e. The van der Waals surface area contributed by atoms with E-state index in [1.54, 1.807) is 21.9 Å². The highest BCUT2D eigenvalue weighted by Crippen LogP contribution is 2.22. The molecule has 0 radical (unpaired) electrons. The quantitative estimate of drug-likeness (QED) is 0.918. The predicted molar refractivity (Wildman–Crippen MR) is 81.6 cm³/mol. The van der Waals surface area contributed by atoms with E-state index in [4.69, 9.17) is 4.74 Å². The Bertz CT molecular complexity index is 669. The van der Waals surface area contributed by atoms with Crippen LogP contribution in [0.2, 0.25) is 0 Å². The summed E-state index contributed by atoms with van der Waals surface area (Å²) >= 11 is 0. The maximum absolute atomic E-state index is 12.5. The van der Waals surface area contributed by atoms with Crippen LogP contribution in [0.5, 0.6) is 0 Å². The van der Waals surface area contributed by atoms with Gasteiger partial charge in [0, 0.05) is 33.0 Å². The molecule has 0 saturated carbocycles. The SMILES string of the molecule is CNc1cccc([C@@H]2CN(C(=O)c3nccn3C)CCO2)n1. The summed E-state index contributed by atoms with van der Waals surface area (Å²) in [6.07, 6.45) is 3.18. The number of aryl methyl sites for hydroxylation is 1. The van der Waals surface area contributed by atoms with Crippen molar-refractivity contribution in [3.63, 3.8) is 0 Å². The van der Waals surface area contributed by atoms with Gasteiger partial charge in [-0.05, 0) is 12.1 Å². The first-order valence-corrected chi connectivity index (χ1v) is 7.22. The number of anilines is 1. The predicted octanol–water partition coefficient (Wildman–Crippen LogP) is 1.07. The zero-order valence-electron chi connectivity index (χ0n) is 12.7. The Morgan fingerprint density at radius 1 is 1.45 bits per heavy atom. The van der Waals surface area contributed by atoms with Crippen LogP contribution in [-0.4, -0.2) is 52.1 Å². The molecular weight excluding hydrogens is 282 g/mol. The Morgan fingerprint density at radius 2 is 2.32 bits per heavy atom. The summed E-state index contributed by atoms with van der Waals surface area (Å²) in [4.78, 5) is 22.9. The number of hydrogen-bond acceptors (Lipinski definition) is 5. The highest BCUT2D eigenvalue weighted by molar-refractivity contribution is 5.90. The number of hydrogen-bond donors (Lipinski definition) is 1. The maximum Gasteiger partial charge on any atom is 0.290 e. The van der Waals surface area contributed by atoms with Gasteiger partial charge >= 0.3 is 0 Å². The van der Waals surface area contributed by atoms with Crippen LogP contribution in [0.1, 0.15) is 22.4 Å². The van der Waals surface area contributed by atoms with Gasteiger partial charge < -0.3 is 19.5 Å². The van der Waals surface area contributed by atoms with Gasteiger partial charge in [0.05, 0.1) is 18.8 Å². The third-order valence-electron chi connectivity index (χ3n) is 3.72. The second-order valence-corrected chi connectivity index (χ2v) is 5.17. The molecule has 1 amide bonds. The number of ether oxygens (including phenoxy) is 1. The molecule has 0 spiro atoms. The molecule has 0 unspecified atom stereocenters. The first-order chi connectivity index (χ1) is 10.7. The third-order valence-corrected chi connectivity index (χ3v) is 3.72. The topological polar surface area (TPSA) is 72.3 Å². The van der Waals surface area contributed by atoms with Gasteiger partial charge in [0.25, 0.3) is 5.91 Å². The summed E-state index contributed by atoms with van der Waals surface area (Å²) in [5, 5.41) is 3.01. The highest BCUT2D eigenvalue weighted by atomic mass is 16.5. The molecule has 0 aliphatic carbocycles. The summed E-state index contributed by atoms with van der Waals surface area (Å²) < 4.78 is 7.51. The van der Waals surface area contributed by atoms with E-state index in [9.17, 15) is 4.79 Å². The lowest BCUT2D eigenvalue weighted by molar-refractivity contribution is -0.0251. The van der Waals surface area contributed by atoms with Crippen molar-refractivity contribution < 1.29 is 9.53 Å². The van der Waals surface area contributed by atoms with E-state index in [0.29, 0.717) is 25.5 Å². The van der Waals surface area contributed by atoms with E-state index in [1.807, 2.05) is 32.3 Å². The number of aromatic nitrogens is 3. The molecule has 22 heavy (non-hydrogen) atoms. The first kappa shape index (κ1) is 14.5. The second kappa shape index (κ2) is 6.15. The Hall–Kier alpha value is -2.41. The Balaban J connectivity index is 1.76. The minimum Gasteiger partial charge on any atom is -0.373 e. The molecule has 1 saturated heterocycles. The molecule has 3 heterocycles. The van der Waals surface area contributed by atoms with Crippen LogP contribution in [0, 0.1) is 0 Å². The summed E-state index contributed by atoms with van der Waals surface area (Å²) in [6.45, 7) is 1.53. The molecular formula is C15H19N5O2. The second-order valence-electron chi connectivity index (χ2n) is 5.17. The van der Waals surface area contributed by atoms with E-state index in [0.717, 1.165) is 11.5 Å². The summed E-state index contributed by atoms with van der Waals surface area (Å²) in [5.41, 5.74) is 0.823. The lowest BCUT2D eigenvalue weighted by Gasteiger charge is -2.32. The molecule has 7 nitrogen and oxygen atoms in total. The zero-order chi connectivity index (χ0) is 15.5. The zero-order valence-corrected chi connectivity index (χ0v) is 12.7. The lowest BCUT2D eigenvalue weighted by Crippen LogP contribution is -2.43. The van der Waals surface area contributed by atoms with Crippen LogP contribution in [0.4, 0.5) is 5.82 Å². The van der Waals surface area contributed by atoms with Crippen LogP contribution in [0.25, 0.3) is 0 Å². The number of morpholine rings is 1. The molecule has 2 aromatic heterocycles. The van der Waals surface area contributed by atoms with E-state index >= 15 is 0 Å². The number of pyridine rings is 1. The highest BCUT2D eigenvalue weighted by Gasteiger charge is 2.28. The summed E-state index contributed by atoms with van der Waals surface area (Å²) in [7, 11) is 3.64. The van der Waals surface area contributed by atoms with Gasteiger partial charge in [-0.3, -0.25) is 4.79 Å². The first-order valence-electron chi connectivity index (χ1n) is 7.22. The molecule has 116 valence electrons. The maximum atomic E-state index is 12.5. The smallest absolute Gasteiger partial charge is 0.290 e. The van der Waals surface area contributed by atoms with E-state index in [2.05, 4.69) is 15.3 Å². The standard InChI is InChI=1S/C15H19N5O2/c1-16-13-5-3-4-11(18-13)12-10-20(8-9-22-12)15(21)14-17-6-7-19(14)2/h3-7,12H,8-10H2,1-2H3,(H,16,18)/t12-/m0/s1. The molecule has 7 heteroatoms.